The molecule has 0 aromatic carbocycles. The van der Waals surface area contributed by atoms with E-state index >= 15 is 0 Å². The van der Waals surface area contributed by atoms with Gasteiger partial charge < -0.3 is 4.90 Å². The molecule has 5 heterocycles. The van der Waals surface area contributed by atoms with E-state index in [1.165, 1.54) is 16.9 Å². The summed E-state index contributed by atoms with van der Waals surface area (Å²) in [5.41, 5.74) is 5.93. The second-order valence-corrected chi connectivity index (χ2v) is 8.44. The monoisotopic (exact) mass is 428 g/mol. The van der Waals surface area contributed by atoms with Gasteiger partial charge in [0.2, 0.25) is 0 Å². The topological polar surface area (TPSA) is 84.8 Å². The summed E-state index contributed by atoms with van der Waals surface area (Å²) in [5, 5.41) is 10.6. The van der Waals surface area contributed by atoms with Crippen molar-refractivity contribution in [3.05, 3.63) is 71.4 Å². The predicted octanol–water partition coefficient (Wildman–Crippen LogP) is 3.69. The zero-order valence-electron chi connectivity index (χ0n) is 17.0. The molecule has 31 heavy (non-hydrogen) atoms. The standard InChI is InChI=1S/C23H20N6OS/c1-29-6-3-15(4-7-29)20-9-16(2-5-24-20)22(30)11-19-8-17-10-21(23-28-27-14-31-23)26-13-18(17)12-25-19/h2-3,5,8-10,12-14H,4,6-7,11H2,1H3. The van der Waals surface area contributed by atoms with Crippen molar-refractivity contribution in [3.63, 3.8) is 0 Å². The minimum atomic E-state index is 0.0300. The van der Waals surface area contributed by atoms with Crippen molar-refractivity contribution in [2.24, 2.45) is 0 Å². The van der Waals surface area contributed by atoms with Crippen LogP contribution in [0.4, 0.5) is 0 Å². The van der Waals surface area contributed by atoms with E-state index in [0.717, 1.165) is 52.4 Å². The lowest BCUT2D eigenvalue weighted by atomic mass is 10.0. The van der Waals surface area contributed by atoms with Gasteiger partial charge in [0, 0.05) is 48.3 Å². The van der Waals surface area contributed by atoms with E-state index in [1.54, 1.807) is 30.2 Å². The number of pyridine rings is 3. The van der Waals surface area contributed by atoms with Crippen LogP contribution in [0.3, 0.4) is 0 Å². The summed E-state index contributed by atoms with van der Waals surface area (Å²) >= 11 is 1.44. The van der Waals surface area contributed by atoms with Gasteiger partial charge in [-0.05, 0) is 48.7 Å². The largest absolute Gasteiger partial charge is 0.302 e. The Bertz CT molecular complexity index is 1280. The number of fused-ring (bicyclic) bond motifs is 1. The number of hydrogen-bond donors (Lipinski definition) is 0. The summed E-state index contributed by atoms with van der Waals surface area (Å²) < 4.78 is 0. The Kier molecular flexibility index (Phi) is 5.31. The molecule has 0 atom stereocenters. The van der Waals surface area contributed by atoms with E-state index in [1.807, 2.05) is 18.2 Å². The molecule has 4 aromatic heterocycles. The summed E-state index contributed by atoms with van der Waals surface area (Å²) in [5.74, 6) is 0.0300. The van der Waals surface area contributed by atoms with E-state index in [2.05, 4.69) is 43.2 Å². The number of carbonyl (C=O) groups excluding carboxylic acids is 1. The van der Waals surface area contributed by atoms with Gasteiger partial charge in [-0.3, -0.25) is 19.7 Å². The highest BCUT2D eigenvalue weighted by atomic mass is 32.1. The minimum absolute atomic E-state index is 0.0300. The van der Waals surface area contributed by atoms with E-state index in [4.69, 9.17) is 0 Å². The van der Waals surface area contributed by atoms with Gasteiger partial charge in [0.15, 0.2) is 10.8 Å². The zero-order valence-corrected chi connectivity index (χ0v) is 17.8. The molecule has 0 bridgehead atoms. The molecule has 0 saturated carbocycles. The lowest BCUT2D eigenvalue weighted by Gasteiger charge is -2.21. The number of likely N-dealkylation sites (N-methyl/N-ethyl adjacent to an activating group) is 1. The average molecular weight is 429 g/mol. The van der Waals surface area contributed by atoms with Crippen molar-refractivity contribution in [1.29, 1.82) is 0 Å². The number of hydrogen-bond acceptors (Lipinski definition) is 8. The predicted molar refractivity (Wildman–Crippen MR) is 121 cm³/mol. The number of aromatic nitrogens is 5. The Morgan fingerprint density at radius 1 is 1.10 bits per heavy atom. The van der Waals surface area contributed by atoms with Gasteiger partial charge in [0.25, 0.3) is 0 Å². The lowest BCUT2D eigenvalue weighted by molar-refractivity contribution is 0.0992. The third kappa shape index (κ3) is 4.26. The summed E-state index contributed by atoms with van der Waals surface area (Å²) in [6, 6.07) is 7.58. The Labute approximate surface area is 183 Å². The molecule has 0 radical (unpaired) electrons. The molecule has 0 N–H and O–H groups in total. The van der Waals surface area contributed by atoms with Gasteiger partial charge in [0.1, 0.15) is 11.2 Å². The Morgan fingerprint density at radius 3 is 2.81 bits per heavy atom. The number of Topliss-reactive ketones (excluding diaryl/α,β-unsaturated/α-hetero) is 1. The normalized spacial score (nSPS) is 14.5. The molecule has 0 amide bonds. The molecule has 154 valence electrons. The minimum Gasteiger partial charge on any atom is -0.302 e. The van der Waals surface area contributed by atoms with Gasteiger partial charge in [-0.1, -0.05) is 17.4 Å². The highest BCUT2D eigenvalue weighted by Gasteiger charge is 2.14. The van der Waals surface area contributed by atoms with Crippen LogP contribution in [-0.2, 0) is 6.42 Å². The number of nitrogens with zero attached hydrogens (tertiary/aromatic N) is 6. The van der Waals surface area contributed by atoms with Crippen LogP contribution in [0, 0.1) is 0 Å². The molecule has 0 saturated heterocycles. The fraction of sp³-hybridized carbons (Fsp3) is 0.217. The number of rotatable bonds is 5. The summed E-state index contributed by atoms with van der Waals surface area (Å²) in [4.78, 5) is 28.6. The highest BCUT2D eigenvalue weighted by molar-refractivity contribution is 7.12. The van der Waals surface area contributed by atoms with Gasteiger partial charge in [-0.2, -0.15) is 0 Å². The quantitative estimate of drug-likeness (QED) is 0.448. The van der Waals surface area contributed by atoms with Crippen molar-refractivity contribution in [2.75, 3.05) is 20.1 Å². The van der Waals surface area contributed by atoms with Gasteiger partial charge in [-0.15, -0.1) is 10.2 Å². The van der Waals surface area contributed by atoms with Crippen LogP contribution >= 0.6 is 11.3 Å². The third-order valence-corrected chi connectivity index (χ3v) is 6.12. The second kappa shape index (κ2) is 8.41. The zero-order chi connectivity index (χ0) is 21.2. The van der Waals surface area contributed by atoms with E-state index in [-0.39, 0.29) is 12.2 Å². The van der Waals surface area contributed by atoms with Crippen molar-refractivity contribution < 1.29 is 4.79 Å². The van der Waals surface area contributed by atoms with Gasteiger partial charge in [0.05, 0.1) is 12.1 Å². The van der Waals surface area contributed by atoms with Crippen LogP contribution in [-0.4, -0.2) is 56.0 Å². The lowest BCUT2D eigenvalue weighted by Crippen LogP contribution is -2.23. The molecule has 7 nitrogen and oxygen atoms in total. The van der Waals surface area contributed by atoms with Crippen LogP contribution in [0.25, 0.3) is 27.0 Å². The molecule has 1 aliphatic heterocycles. The molecule has 5 rings (SSSR count). The highest BCUT2D eigenvalue weighted by Crippen LogP contribution is 2.24. The van der Waals surface area contributed by atoms with Crippen LogP contribution in [0.1, 0.15) is 28.2 Å². The Hall–Kier alpha value is -3.36. The summed E-state index contributed by atoms with van der Waals surface area (Å²) in [6.07, 6.45) is 8.62. The summed E-state index contributed by atoms with van der Waals surface area (Å²) in [6.45, 7) is 1.91. The Morgan fingerprint density at radius 2 is 2.00 bits per heavy atom. The fourth-order valence-electron chi connectivity index (χ4n) is 3.63. The van der Waals surface area contributed by atoms with E-state index in [0.29, 0.717) is 5.56 Å². The maximum atomic E-state index is 13.0. The molecule has 0 fully saturated rings. The van der Waals surface area contributed by atoms with Gasteiger partial charge in [-0.25, -0.2) is 0 Å². The SMILES string of the molecule is CN1CC=C(c2cc(C(=O)Cc3cc4cc(-c5nncs5)ncc4cn3)ccn2)CC1. The molecule has 0 unspecified atom stereocenters. The van der Waals surface area contributed by atoms with Gasteiger partial charge >= 0.3 is 0 Å². The first kappa shape index (κ1) is 19.6. The average Bonchev–Trinajstić information content (AvgIpc) is 3.34. The first-order valence-electron chi connectivity index (χ1n) is 10.0. The maximum absolute atomic E-state index is 13.0. The van der Waals surface area contributed by atoms with E-state index < -0.39 is 0 Å². The number of ketones is 1. The smallest absolute Gasteiger partial charge is 0.168 e. The second-order valence-electron chi connectivity index (χ2n) is 7.61. The fourth-order valence-corrected chi connectivity index (χ4v) is 4.15. The molecular weight excluding hydrogens is 408 g/mol. The Balaban J connectivity index is 1.38. The molecule has 1 aliphatic rings. The molecule has 8 heteroatoms. The number of carbonyl (C=O) groups is 1. The van der Waals surface area contributed by atoms with E-state index in [9.17, 15) is 4.79 Å². The molecule has 0 aliphatic carbocycles. The molecular formula is C23H20N6OS. The van der Waals surface area contributed by atoms with Crippen molar-refractivity contribution in [2.45, 2.75) is 12.8 Å². The third-order valence-electron chi connectivity index (χ3n) is 5.40. The maximum Gasteiger partial charge on any atom is 0.168 e. The molecule has 0 spiro atoms. The first-order valence-corrected chi connectivity index (χ1v) is 10.9. The van der Waals surface area contributed by atoms with Crippen molar-refractivity contribution in [3.8, 4) is 10.7 Å². The van der Waals surface area contributed by atoms with Crippen LogP contribution in [0.15, 0.2) is 54.4 Å². The summed E-state index contributed by atoms with van der Waals surface area (Å²) in [7, 11) is 2.10. The van der Waals surface area contributed by atoms with Crippen LogP contribution in [0.5, 0.6) is 0 Å². The molecule has 4 aromatic rings. The van der Waals surface area contributed by atoms with Crippen LogP contribution < -0.4 is 0 Å². The van der Waals surface area contributed by atoms with Crippen molar-refractivity contribution in [1.82, 2.24) is 30.0 Å². The first-order chi connectivity index (χ1) is 15.2. The van der Waals surface area contributed by atoms with Crippen LogP contribution in [0.2, 0.25) is 0 Å². The van der Waals surface area contributed by atoms with Crippen molar-refractivity contribution >= 4 is 33.5 Å².